The third-order valence-corrected chi connectivity index (χ3v) is 12.3. The first-order valence-electron chi connectivity index (χ1n) is 24.4. The quantitative estimate of drug-likeness (QED) is 0.0360. The molecule has 0 saturated heterocycles. The van der Waals surface area contributed by atoms with Gasteiger partial charge in [0.05, 0.1) is 39.9 Å². The second-order valence-corrected chi connectivity index (χ2v) is 19.6. The molecule has 0 heterocycles. The maximum absolute atomic E-state index is 12.5. The predicted molar refractivity (Wildman–Crippen MR) is 238 cm³/mol. The largest absolute Gasteiger partial charge is 0.756 e. The molecule has 0 aromatic heterocycles. The zero-order chi connectivity index (χ0) is 41.4. The van der Waals surface area contributed by atoms with E-state index in [1.54, 1.807) is 0 Å². The van der Waals surface area contributed by atoms with Gasteiger partial charge in [-0.15, -0.1) is 0 Å². The van der Waals surface area contributed by atoms with Crippen molar-refractivity contribution in [1.82, 2.24) is 5.32 Å². The first-order chi connectivity index (χ1) is 27.0. The minimum atomic E-state index is -4.54. The first-order valence-corrected chi connectivity index (χ1v) is 25.8. The van der Waals surface area contributed by atoms with Crippen LogP contribution in [0.3, 0.4) is 0 Å². The SMILES string of the molecule is CCCCCCCCCCCCCCCCCCCCCCCCCCCCCCCCCC(O)C(COP(=O)([O-])OCC[N+](C)(C)C)NC(=O)CCCCC. The molecule has 8 nitrogen and oxygen atoms in total. The molecule has 0 rings (SSSR count). The van der Waals surface area contributed by atoms with Gasteiger partial charge in [-0.3, -0.25) is 9.36 Å². The number of unbranched alkanes of at least 4 members (excludes halogenated alkanes) is 32. The number of aliphatic hydroxyl groups excluding tert-OH is 1. The van der Waals surface area contributed by atoms with Gasteiger partial charge < -0.3 is 28.8 Å². The van der Waals surface area contributed by atoms with E-state index in [0.717, 1.165) is 38.5 Å². The summed E-state index contributed by atoms with van der Waals surface area (Å²) in [5.74, 6) is -0.186. The van der Waals surface area contributed by atoms with Crippen molar-refractivity contribution in [1.29, 1.82) is 0 Å². The van der Waals surface area contributed by atoms with Crippen molar-refractivity contribution in [2.24, 2.45) is 0 Å². The van der Waals surface area contributed by atoms with Crippen LogP contribution in [-0.4, -0.2) is 68.5 Å². The van der Waals surface area contributed by atoms with Crippen LogP contribution in [-0.2, 0) is 18.4 Å². The fraction of sp³-hybridized carbons (Fsp3) is 0.979. The molecule has 0 aliphatic rings. The lowest BCUT2D eigenvalue weighted by Crippen LogP contribution is -2.46. The topological polar surface area (TPSA) is 108 Å². The second kappa shape index (κ2) is 39.9. The Morgan fingerprint density at radius 2 is 0.875 bits per heavy atom. The molecule has 0 aliphatic heterocycles. The molecular weight excluding hydrogens is 719 g/mol. The zero-order valence-electron chi connectivity index (χ0n) is 38.1. The van der Waals surface area contributed by atoms with Crippen LogP contribution in [0.15, 0.2) is 0 Å². The number of amides is 1. The molecule has 2 N–H and O–H groups in total. The summed E-state index contributed by atoms with van der Waals surface area (Å²) < 4.78 is 23.0. The molecule has 0 radical (unpaired) electrons. The number of nitrogens with zero attached hydrogens (tertiary/aromatic N) is 1. The Morgan fingerprint density at radius 3 is 1.21 bits per heavy atom. The summed E-state index contributed by atoms with van der Waals surface area (Å²) in [5, 5.41) is 13.7. The van der Waals surface area contributed by atoms with Gasteiger partial charge in [-0.25, -0.2) is 0 Å². The van der Waals surface area contributed by atoms with Crippen molar-refractivity contribution < 1.29 is 32.9 Å². The van der Waals surface area contributed by atoms with Gasteiger partial charge in [0.15, 0.2) is 0 Å². The molecule has 0 aliphatic carbocycles. The highest BCUT2D eigenvalue weighted by Gasteiger charge is 2.24. The van der Waals surface area contributed by atoms with E-state index in [2.05, 4.69) is 19.2 Å². The summed E-state index contributed by atoms with van der Waals surface area (Å²) in [6, 6.07) is -0.790. The average molecular weight is 817 g/mol. The standard InChI is InChI=1S/C47H97N2O6P/c1-6-8-10-11-12-13-14-15-16-17-18-19-20-21-22-23-24-25-26-27-28-29-30-31-32-33-34-35-36-37-39-40-46(50)45(48-47(51)41-38-9-7-2)44-55-56(52,53)54-43-42-49(3,4)5/h45-46,50H,6-44H2,1-5H3,(H-,48,51,52,53). The van der Waals surface area contributed by atoms with Gasteiger partial charge in [0, 0.05) is 6.42 Å². The Bertz CT molecular complexity index is 885. The molecular formula is C47H97N2O6P. The molecule has 56 heavy (non-hydrogen) atoms. The third-order valence-electron chi connectivity index (χ3n) is 11.3. The lowest BCUT2D eigenvalue weighted by Gasteiger charge is -2.30. The van der Waals surface area contributed by atoms with E-state index in [1.165, 1.54) is 180 Å². The van der Waals surface area contributed by atoms with Gasteiger partial charge in [-0.05, 0) is 12.8 Å². The fourth-order valence-electron chi connectivity index (χ4n) is 7.45. The summed E-state index contributed by atoms with van der Waals surface area (Å²) >= 11 is 0. The second-order valence-electron chi connectivity index (χ2n) is 18.2. The summed E-state index contributed by atoms with van der Waals surface area (Å²) in [4.78, 5) is 24.8. The summed E-state index contributed by atoms with van der Waals surface area (Å²) in [6.45, 7) is 4.57. The number of carbonyl (C=O) groups is 1. The van der Waals surface area contributed by atoms with E-state index < -0.39 is 20.0 Å². The van der Waals surface area contributed by atoms with Crippen LogP contribution in [0.25, 0.3) is 0 Å². The summed E-state index contributed by atoms with van der Waals surface area (Å²) in [7, 11) is 1.31. The highest BCUT2D eigenvalue weighted by Crippen LogP contribution is 2.38. The molecule has 0 spiro atoms. The van der Waals surface area contributed by atoms with Crippen molar-refractivity contribution in [3.05, 3.63) is 0 Å². The van der Waals surface area contributed by atoms with E-state index in [9.17, 15) is 19.4 Å². The molecule has 1 amide bonds. The smallest absolute Gasteiger partial charge is 0.268 e. The van der Waals surface area contributed by atoms with Crippen molar-refractivity contribution >= 4 is 13.7 Å². The number of phosphoric ester groups is 1. The molecule has 0 aromatic rings. The van der Waals surface area contributed by atoms with Crippen molar-refractivity contribution in [2.45, 2.75) is 257 Å². The van der Waals surface area contributed by atoms with Crippen molar-refractivity contribution in [2.75, 3.05) is 40.9 Å². The van der Waals surface area contributed by atoms with Crippen LogP contribution in [0.4, 0.5) is 0 Å². The monoisotopic (exact) mass is 817 g/mol. The fourth-order valence-corrected chi connectivity index (χ4v) is 8.18. The lowest BCUT2D eigenvalue weighted by molar-refractivity contribution is -0.870. The first kappa shape index (κ1) is 55.5. The lowest BCUT2D eigenvalue weighted by atomic mass is 10.0. The van der Waals surface area contributed by atoms with E-state index in [-0.39, 0.29) is 19.1 Å². The Morgan fingerprint density at radius 1 is 0.554 bits per heavy atom. The summed E-state index contributed by atoms with van der Waals surface area (Å²) in [5.41, 5.74) is 0. The van der Waals surface area contributed by atoms with Gasteiger partial charge in [-0.2, -0.15) is 0 Å². The van der Waals surface area contributed by atoms with Crippen molar-refractivity contribution in [3.63, 3.8) is 0 Å². The van der Waals surface area contributed by atoms with Gasteiger partial charge in [0.25, 0.3) is 7.82 Å². The molecule has 0 fully saturated rings. The number of hydrogen-bond donors (Lipinski definition) is 2. The Kier molecular flexibility index (Phi) is 39.6. The maximum Gasteiger partial charge on any atom is 0.268 e. The third kappa shape index (κ3) is 41.7. The summed E-state index contributed by atoms with van der Waals surface area (Å²) in [6.07, 6.45) is 45.2. The Labute approximate surface area is 349 Å². The molecule has 0 aromatic carbocycles. The predicted octanol–water partition coefficient (Wildman–Crippen LogP) is 13.1. The molecule has 9 heteroatoms. The van der Waals surface area contributed by atoms with Gasteiger partial charge in [-0.1, -0.05) is 226 Å². The van der Waals surface area contributed by atoms with Crippen LogP contribution in [0, 0.1) is 0 Å². The number of phosphoric acid groups is 1. The zero-order valence-corrected chi connectivity index (χ0v) is 39.0. The van der Waals surface area contributed by atoms with Crippen molar-refractivity contribution in [3.8, 4) is 0 Å². The normalized spacial score (nSPS) is 14.2. The Hall–Kier alpha value is -0.500. The Balaban J connectivity index is 3.73. The molecule has 3 unspecified atom stereocenters. The van der Waals surface area contributed by atoms with Crippen LogP contribution >= 0.6 is 7.82 Å². The van der Waals surface area contributed by atoms with Gasteiger partial charge in [0.1, 0.15) is 13.2 Å². The average Bonchev–Trinajstić information content (AvgIpc) is 3.15. The number of nitrogens with one attached hydrogen (secondary N) is 1. The van der Waals surface area contributed by atoms with Crippen LogP contribution < -0.4 is 10.2 Å². The maximum atomic E-state index is 12.5. The molecule has 336 valence electrons. The number of carbonyl (C=O) groups excluding carboxylic acids is 1. The van der Waals surface area contributed by atoms with E-state index >= 15 is 0 Å². The number of quaternary nitrogens is 1. The van der Waals surface area contributed by atoms with Crippen LogP contribution in [0.2, 0.25) is 0 Å². The van der Waals surface area contributed by atoms with E-state index in [4.69, 9.17) is 9.05 Å². The number of aliphatic hydroxyl groups is 1. The van der Waals surface area contributed by atoms with Crippen LogP contribution in [0.1, 0.15) is 245 Å². The molecule has 0 saturated carbocycles. The number of likely N-dealkylation sites (N-methyl/N-ethyl adjacent to an activating group) is 1. The van der Waals surface area contributed by atoms with Crippen LogP contribution in [0.5, 0.6) is 0 Å². The molecule has 3 atom stereocenters. The molecule has 0 bridgehead atoms. The highest BCUT2D eigenvalue weighted by molar-refractivity contribution is 7.45. The number of hydrogen-bond acceptors (Lipinski definition) is 6. The highest BCUT2D eigenvalue weighted by atomic mass is 31.2. The number of rotatable bonds is 45. The minimum absolute atomic E-state index is 0.0144. The van der Waals surface area contributed by atoms with E-state index in [0.29, 0.717) is 23.9 Å². The van der Waals surface area contributed by atoms with Gasteiger partial charge >= 0.3 is 0 Å². The van der Waals surface area contributed by atoms with Gasteiger partial charge in [0.2, 0.25) is 5.91 Å². The minimum Gasteiger partial charge on any atom is -0.756 e. The van der Waals surface area contributed by atoms with E-state index in [1.807, 2.05) is 21.1 Å².